The first-order valence-corrected chi connectivity index (χ1v) is 8.51. The lowest BCUT2D eigenvalue weighted by Gasteiger charge is -2.34. The van der Waals surface area contributed by atoms with E-state index in [2.05, 4.69) is 33.1 Å². The van der Waals surface area contributed by atoms with Crippen LogP contribution in [0.15, 0.2) is 42.6 Å². The molecule has 0 unspecified atom stereocenters. The van der Waals surface area contributed by atoms with Crippen LogP contribution in [0.2, 0.25) is 0 Å². The molecule has 1 N–H and O–H groups in total. The highest BCUT2D eigenvalue weighted by molar-refractivity contribution is 5.92. The second-order valence-corrected chi connectivity index (χ2v) is 6.38. The van der Waals surface area contributed by atoms with Crippen molar-refractivity contribution in [1.82, 2.24) is 14.8 Å². The zero-order valence-corrected chi connectivity index (χ0v) is 14.4. The minimum Gasteiger partial charge on any atom is -0.325 e. The fourth-order valence-electron chi connectivity index (χ4n) is 2.97. The molecule has 132 valence electrons. The summed E-state index contributed by atoms with van der Waals surface area (Å²) >= 11 is 0. The summed E-state index contributed by atoms with van der Waals surface area (Å²) in [6.45, 7) is 6.73. The average molecular weight is 342 g/mol. The van der Waals surface area contributed by atoms with E-state index in [0.29, 0.717) is 12.2 Å². The van der Waals surface area contributed by atoms with Gasteiger partial charge in [-0.05, 0) is 36.8 Å². The second kappa shape index (κ2) is 8.18. The average Bonchev–Trinajstić information content (AvgIpc) is 2.58. The van der Waals surface area contributed by atoms with Crippen LogP contribution in [0.4, 0.5) is 10.1 Å². The van der Waals surface area contributed by atoms with Gasteiger partial charge < -0.3 is 5.32 Å². The third-order valence-corrected chi connectivity index (χ3v) is 4.43. The van der Waals surface area contributed by atoms with Crippen LogP contribution in [0.25, 0.3) is 0 Å². The van der Waals surface area contributed by atoms with E-state index in [-0.39, 0.29) is 11.7 Å². The normalized spacial score (nSPS) is 15.9. The fourth-order valence-corrected chi connectivity index (χ4v) is 2.97. The number of amides is 1. The molecule has 3 rings (SSSR count). The maximum absolute atomic E-state index is 13.2. The number of anilines is 1. The summed E-state index contributed by atoms with van der Waals surface area (Å²) in [6, 6.07) is 9.99. The first-order valence-electron chi connectivity index (χ1n) is 8.51. The zero-order valence-electron chi connectivity index (χ0n) is 14.4. The molecular weight excluding hydrogens is 319 g/mol. The molecule has 1 aliphatic heterocycles. The Morgan fingerprint density at radius 1 is 1.16 bits per heavy atom. The molecule has 1 amide bonds. The van der Waals surface area contributed by atoms with Crippen LogP contribution in [0.1, 0.15) is 11.3 Å². The van der Waals surface area contributed by atoms with Crippen LogP contribution in [0.5, 0.6) is 0 Å². The molecule has 0 spiro atoms. The number of piperazine rings is 1. The summed E-state index contributed by atoms with van der Waals surface area (Å²) in [6.07, 6.45) is 1.83. The van der Waals surface area contributed by atoms with E-state index in [4.69, 9.17) is 0 Å². The molecule has 0 aliphatic carbocycles. The maximum atomic E-state index is 13.2. The van der Waals surface area contributed by atoms with Crippen molar-refractivity contribution in [2.45, 2.75) is 13.5 Å². The third-order valence-electron chi connectivity index (χ3n) is 4.43. The molecule has 1 fully saturated rings. The van der Waals surface area contributed by atoms with E-state index in [9.17, 15) is 9.18 Å². The lowest BCUT2D eigenvalue weighted by Crippen LogP contribution is -2.48. The number of rotatable bonds is 5. The molecule has 5 nitrogen and oxygen atoms in total. The smallest absolute Gasteiger partial charge is 0.238 e. The summed E-state index contributed by atoms with van der Waals surface area (Å²) in [4.78, 5) is 21.0. The van der Waals surface area contributed by atoms with Crippen LogP contribution in [0.3, 0.4) is 0 Å². The molecule has 1 aliphatic rings. The Kier molecular flexibility index (Phi) is 5.73. The lowest BCUT2D eigenvalue weighted by molar-refractivity contribution is -0.117. The number of halogens is 1. The van der Waals surface area contributed by atoms with Gasteiger partial charge in [-0.2, -0.15) is 0 Å². The highest BCUT2D eigenvalue weighted by Gasteiger charge is 2.19. The molecule has 0 saturated carbocycles. The largest absolute Gasteiger partial charge is 0.325 e. The van der Waals surface area contributed by atoms with Crippen LogP contribution in [0, 0.1) is 12.7 Å². The number of aryl methyl sites for hydroxylation is 1. The Morgan fingerprint density at radius 2 is 1.92 bits per heavy atom. The van der Waals surface area contributed by atoms with Crippen molar-refractivity contribution in [3.63, 3.8) is 0 Å². The number of hydrogen-bond acceptors (Lipinski definition) is 4. The number of hydrogen-bond donors (Lipinski definition) is 1. The Balaban J connectivity index is 1.44. The zero-order chi connectivity index (χ0) is 17.6. The molecule has 2 aromatic rings. The van der Waals surface area contributed by atoms with E-state index in [1.54, 1.807) is 12.1 Å². The molecular formula is C19H23FN4O. The highest BCUT2D eigenvalue weighted by Crippen LogP contribution is 2.11. The Bertz CT molecular complexity index is 729. The topological polar surface area (TPSA) is 48.5 Å². The van der Waals surface area contributed by atoms with E-state index in [1.807, 2.05) is 12.3 Å². The minimum absolute atomic E-state index is 0.111. The van der Waals surface area contributed by atoms with Crippen LogP contribution in [-0.2, 0) is 11.3 Å². The van der Waals surface area contributed by atoms with Gasteiger partial charge in [-0.3, -0.25) is 19.6 Å². The first-order chi connectivity index (χ1) is 12.1. The summed E-state index contributed by atoms with van der Waals surface area (Å²) in [5.41, 5.74) is 2.81. The minimum atomic E-state index is -0.351. The van der Waals surface area contributed by atoms with E-state index < -0.39 is 0 Å². The number of carbonyl (C=O) groups excluding carboxylic acids is 1. The number of nitrogens with zero attached hydrogens (tertiary/aromatic N) is 3. The van der Waals surface area contributed by atoms with Gasteiger partial charge in [-0.1, -0.05) is 12.1 Å². The summed E-state index contributed by atoms with van der Waals surface area (Å²) < 4.78 is 13.2. The molecule has 6 heteroatoms. The van der Waals surface area contributed by atoms with E-state index in [1.165, 1.54) is 17.7 Å². The van der Waals surface area contributed by atoms with Gasteiger partial charge in [0.2, 0.25) is 5.91 Å². The number of aromatic nitrogens is 1. The van der Waals surface area contributed by atoms with Gasteiger partial charge >= 0.3 is 0 Å². The van der Waals surface area contributed by atoms with Crippen LogP contribution in [-0.4, -0.2) is 53.4 Å². The van der Waals surface area contributed by atoms with Gasteiger partial charge in [0.25, 0.3) is 0 Å². The Labute approximate surface area is 147 Å². The molecule has 2 heterocycles. The lowest BCUT2D eigenvalue weighted by atomic mass is 10.2. The first kappa shape index (κ1) is 17.5. The van der Waals surface area contributed by atoms with Gasteiger partial charge in [0.05, 0.1) is 12.2 Å². The molecule has 0 bridgehead atoms. The molecule has 25 heavy (non-hydrogen) atoms. The quantitative estimate of drug-likeness (QED) is 0.906. The van der Waals surface area contributed by atoms with E-state index >= 15 is 0 Å². The van der Waals surface area contributed by atoms with Crippen molar-refractivity contribution < 1.29 is 9.18 Å². The van der Waals surface area contributed by atoms with Crippen molar-refractivity contribution >= 4 is 11.6 Å². The monoisotopic (exact) mass is 342 g/mol. The fraction of sp³-hybridized carbons (Fsp3) is 0.368. The van der Waals surface area contributed by atoms with Gasteiger partial charge in [0.1, 0.15) is 5.82 Å². The van der Waals surface area contributed by atoms with Crippen molar-refractivity contribution in [3.05, 3.63) is 59.7 Å². The molecule has 1 saturated heterocycles. The Morgan fingerprint density at radius 3 is 2.64 bits per heavy atom. The van der Waals surface area contributed by atoms with Gasteiger partial charge in [-0.15, -0.1) is 0 Å². The van der Waals surface area contributed by atoms with Crippen molar-refractivity contribution in [2.75, 3.05) is 38.0 Å². The third kappa shape index (κ3) is 5.08. The standard InChI is InChI=1S/C19H23FN4O/c1-15-4-3-7-21-18(15)13-23-8-10-24(11-9-23)14-19(25)22-17-6-2-5-16(20)12-17/h2-7,12H,8-11,13-14H2,1H3,(H,22,25). The molecule has 0 radical (unpaired) electrons. The summed E-state index contributed by atoms with van der Waals surface area (Å²) in [5.74, 6) is -0.462. The van der Waals surface area contributed by atoms with Crippen molar-refractivity contribution in [1.29, 1.82) is 0 Å². The SMILES string of the molecule is Cc1cccnc1CN1CCN(CC(=O)Nc2cccc(F)c2)CC1. The van der Waals surface area contributed by atoms with Crippen LogP contribution < -0.4 is 5.32 Å². The van der Waals surface area contributed by atoms with Gasteiger partial charge in [-0.25, -0.2) is 4.39 Å². The Hall–Kier alpha value is -2.31. The van der Waals surface area contributed by atoms with Crippen molar-refractivity contribution in [2.24, 2.45) is 0 Å². The molecule has 1 aromatic carbocycles. The highest BCUT2D eigenvalue weighted by atomic mass is 19.1. The van der Waals surface area contributed by atoms with E-state index in [0.717, 1.165) is 38.4 Å². The summed E-state index contributed by atoms with van der Waals surface area (Å²) in [5, 5.41) is 2.74. The van der Waals surface area contributed by atoms with Crippen LogP contribution >= 0.6 is 0 Å². The molecule has 0 atom stereocenters. The number of nitrogens with one attached hydrogen (secondary N) is 1. The second-order valence-electron chi connectivity index (χ2n) is 6.38. The molecule has 1 aromatic heterocycles. The summed E-state index contributed by atoms with van der Waals surface area (Å²) in [7, 11) is 0. The number of pyridine rings is 1. The predicted molar refractivity (Wildman–Crippen MR) is 95.7 cm³/mol. The maximum Gasteiger partial charge on any atom is 0.238 e. The van der Waals surface area contributed by atoms with Crippen molar-refractivity contribution in [3.8, 4) is 0 Å². The van der Waals surface area contributed by atoms with Gasteiger partial charge in [0, 0.05) is 44.6 Å². The number of benzene rings is 1. The van der Waals surface area contributed by atoms with Gasteiger partial charge in [0.15, 0.2) is 0 Å². The number of carbonyl (C=O) groups is 1. The predicted octanol–water partition coefficient (Wildman–Crippen LogP) is 2.29.